The van der Waals surface area contributed by atoms with Crippen LogP contribution in [0, 0.1) is 5.92 Å². The van der Waals surface area contributed by atoms with Crippen LogP contribution in [0.1, 0.15) is 45.4 Å². The molecular weight excluding hydrogens is 284 g/mol. The summed E-state index contributed by atoms with van der Waals surface area (Å²) in [6.45, 7) is 3.99. The molecule has 1 aliphatic heterocycles. The summed E-state index contributed by atoms with van der Waals surface area (Å²) >= 11 is 5.96. The maximum atomic E-state index is 12.8. The molecule has 6 heteroatoms. The highest BCUT2D eigenvalue weighted by Gasteiger charge is 2.38. The first-order valence-corrected chi connectivity index (χ1v) is 9.35. The second kappa shape index (κ2) is 6.74. The molecule has 2 rings (SSSR count). The van der Waals surface area contributed by atoms with Gasteiger partial charge in [-0.15, -0.1) is 11.6 Å². The Morgan fingerprint density at radius 2 is 2.00 bits per heavy atom. The van der Waals surface area contributed by atoms with Crippen molar-refractivity contribution in [2.45, 2.75) is 51.5 Å². The average Bonchev–Trinajstić information content (AvgIpc) is 3.22. The van der Waals surface area contributed by atoms with Crippen molar-refractivity contribution in [1.82, 2.24) is 8.61 Å². The molecule has 112 valence electrons. The van der Waals surface area contributed by atoms with Gasteiger partial charge < -0.3 is 0 Å². The van der Waals surface area contributed by atoms with E-state index in [4.69, 9.17) is 11.6 Å². The molecule has 1 aliphatic carbocycles. The fourth-order valence-corrected chi connectivity index (χ4v) is 5.15. The molecule has 0 spiro atoms. The van der Waals surface area contributed by atoms with Gasteiger partial charge in [-0.05, 0) is 38.0 Å². The Hall–Kier alpha value is 0.160. The minimum absolute atomic E-state index is 0.0148. The van der Waals surface area contributed by atoms with Crippen molar-refractivity contribution >= 4 is 21.8 Å². The Kier molecular flexibility index (Phi) is 5.52. The molecule has 1 heterocycles. The number of hydrogen-bond donors (Lipinski definition) is 0. The Morgan fingerprint density at radius 1 is 1.26 bits per heavy atom. The van der Waals surface area contributed by atoms with Gasteiger partial charge in [0.25, 0.3) is 10.2 Å². The second-order valence-electron chi connectivity index (χ2n) is 5.72. The average molecular weight is 309 g/mol. The van der Waals surface area contributed by atoms with Crippen molar-refractivity contribution in [3.8, 4) is 0 Å². The third-order valence-corrected chi connectivity index (χ3v) is 6.42. The van der Waals surface area contributed by atoms with Gasteiger partial charge in [-0.2, -0.15) is 17.0 Å². The van der Waals surface area contributed by atoms with E-state index in [2.05, 4.69) is 0 Å². The summed E-state index contributed by atoms with van der Waals surface area (Å²) < 4.78 is 28.9. The van der Waals surface area contributed by atoms with Gasteiger partial charge in [-0.1, -0.05) is 13.3 Å². The van der Waals surface area contributed by atoms with E-state index in [0.717, 1.165) is 25.7 Å². The monoisotopic (exact) mass is 308 g/mol. The van der Waals surface area contributed by atoms with Crippen molar-refractivity contribution in [2.24, 2.45) is 5.92 Å². The maximum absolute atomic E-state index is 12.8. The second-order valence-corrected chi connectivity index (χ2v) is 7.91. The Morgan fingerprint density at radius 3 is 2.58 bits per heavy atom. The topological polar surface area (TPSA) is 40.6 Å². The van der Waals surface area contributed by atoms with Gasteiger partial charge in [0, 0.05) is 31.6 Å². The van der Waals surface area contributed by atoms with Crippen LogP contribution in [0.25, 0.3) is 0 Å². The van der Waals surface area contributed by atoms with E-state index in [1.165, 1.54) is 12.8 Å². The van der Waals surface area contributed by atoms with Crippen molar-refractivity contribution in [1.29, 1.82) is 0 Å². The van der Waals surface area contributed by atoms with Crippen LogP contribution in [0.5, 0.6) is 0 Å². The summed E-state index contributed by atoms with van der Waals surface area (Å²) in [5.74, 6) is 0.989. The maximum Gasteiger partial charge on any atom is 0.282 e. The van der Waals surface area contributed by atoms with Gasteiger partial charge in [-0.25, -0.2) is 0 Å². The lowest BCUT2D eigenvalue weighted by atomic mass is 10.1. The van der Waals surface area contributed by atoms with E-state index in [0.29, 0.717) is 31.4 Å². The highest BCUT2D eigenvalue weighted by atomic mass is 35.5. The van der Waals surface area contributed by atoms with E-state index in [1.807, 2.05) is 6.92 Å². The number of rotatable bonds is 7. The number of halogens is 1. The molecule has 0 radical (unpaired) electrons. The first-order chi connectivity index (χ1) is 9.09. The summed E-state index contributed by atoms with van der Waals surface area (Å²) in [4.78, 5) is 0. The van der Waals surface area contributed by atoms with Crippen LogP contribution in [0.15, 0.2) is 0 Å². The fraction of sp³-hybridized carbons (Fsp3) is 1.00. The standard InChI is InChI=1S/C13H25ClN2O2S/c1-2-8-15(11-12-6-7-12)19(17,18)16-9-4-3-5-13(16)10-14/h12-13H,2-11H2,1H3. The lowest BCUT2D eigenvalue weighted by molar-refractivity contribution is 0.244. The molecule has 1 unspecified atom stereocenters. The van der Waals surface area contributed by atoms with Crippen molar-refractivity contribution in [2.75, 3.05) is 25.5 Å². The summed E-state index contributed by atoms with van der Waals surface area (Å²) in [7, 11) is -3.32. The molecule has 4 nitrogen and oxygen atoms in total. The molecule has 1 atom stereocenters. The van der Waals surface area contributed by atoms with Crippen LogP contribution >= 0.6 is 11.6 Å². The largest absolute Gasteiger partial charge is 0.282 e. The van der Waals surface area contributed by atoms with Crippen molar-refractivity contribution in [3.05, 3.63) is 0 Å². The molecule has 2 fully saturated rings. The molecule has 0 N–H and O–H groups in total. The summed E-state index contributed by atoms with van der Waals surface area (Å²) in [5, 5.41) is 0. The zero-order chi connectivity index (χ0) is 13.9. The molecule has 0 aromatic rings. The van der Waals surface area contributed by atoms with E-state index in [1.54, 1.807) is 8.61 Å². The Labute approximate surface area is 122 Å². The fourth-order valence-electron chi connectivity index (χ4n) is 2.72. The summed E-state index contributed by atoms with van der Waals surface area (Å²) in [6, 6.07) is -0.0148. The zero-order valence-electron chi connectivity index (χ0n) is 11.7. The summed E-state index contributed by atoms with van der Waals surface area (Å²) in [6.07, 6.45) is 6.15. The third-order valence-electron chi connectivity index (χ3n) is 4.01. The number of piperidine rings is 1. The van der Waals surface area contributed by atoms with Crippen molar-refractivity contribution in [3.63, 3.8) is 0 Å². The predicted octanol–water partition coefficient (Wildman–Crippen LogP) is 2.45. The van der Waals surface area contributed by atoms with Gasteiger partial charge >= 0.3 is 0 Å². The molecule has 2 aliphatic rings. The predicted molar refractivity (Wildman–Crippen MR) is 78.6 cm³/mol. The first kappa shape index (κ1) is 15.5. The minimum atomic E-state index is -3.32. The van der Waals surface area contributed by atoms with Crippen LogP contribution in [0.2, 0.25) is 0 Å². The first-order valence-electron chi connectivity index (χ1n) is 7.42. The molecule has 1 saturated heterocycles. The van der Waals surface area contributed by atoms with E-state index >= 15 is 0 Å². The quantitative estimate of drug-likeness (QED) is 0.678. The van der Waals surface area contributed by atoms with Crippen LogP contribution in [-0.2, 0) is 10.2 Å². The van der Waals surface area contributed by atoms with Gasteiger partial charge in [0.15, 0.2) is 0 Å². The number of alkyl halides is 1. The minimum Gasteiger partial charge on any atom is -0.195 e. The van der Waals surface area contributed by atoms with E-state index in [-0.39, 0.29) is 6.04 Å². The highest BCUT2D eigenvalue weighted by molar-refractivity contribution is 7.86. The highest BCUT2D eigenvalue weighted by Crippen LogP contribution is 2.32. The lowest BCUT2D eigenvalue weighted by Crippen LogP contribution is -2.52. The number of hydrogen-bond acceptors (Lipinski definition) is 2. The van der Waals surface area contributed by atoms with Crippen LogP contribution in [0.4, 0.5) is 0 Å². The van der Waals surface area contributed by atoms with Crippen LogP contribution < -0.4 is 0 Å². The van der Waals surface area contributed by atoms with Crippen molar-refractivity contribution < 1.29 is 8.42 Å². The normalized spacial score (nSPS) is 25.9. The smallest absolute Gasteiger partial charge is 0.195 e. The van der Waals surface area contributed by atoms with E-state index < -0.39 is 10.2 Å². The number of nitrogens with zero attached hydrogens (tertiary/aromatic N) is 2. The SMILES string of the molecule is CCCN(CC1CC1)S(=O)(=O)N1CCCCC1CCl. The Balaban J connectivity index is 2.11. The van der Waals surface area contributed by atoms with E-state index in [9.17, 15) is 8.42 Å². The molecule has 0 aromatic heterocycles. The summed E-state index contributed by atoms with van der Waals surface area (Å²) in [5.41, 5.74) is 0. The van der Waals surface area contributed by atoms with Crippen LogP contribution in [-0.4, -0.2) is 48.6 Å². The van der Waals surface area contributed by atoms with Gasteiger partial charge in [0.05, 0.1) is 0 Å². The van der Waals surface area contributed by atoms with Crippen LogP contribution in [0.3, 0.4) is 0 Å². The van der Waals surface area contributed by atoms with Gasteiger partial charge in [-0.3, -0.25) is 0 Å². The third kappa shape index (κ3) is 3.84. The molecule has 0 aromatic carbocycles. The lowest BCUT2D eigenvalue weighted by Gasteiger charge is -2.37. The van der Waals surface area contributed by atoms with Gasteiger partial charge in [0.2, 0.25) is 0 Å². The molecular formula is C13H25ClN2O2S. The molecule has 0 bridgehead atoms. The zero-order valence-corrected chi connectivity index (χ0v) is 13.3. The Bertz CT molecular complexity index is 384. The molecule has 0 amide bonds. The molecule has 19 heavy (non-hydrogen) atoms. The van der Waals surface area contributed by atoms with Gasteiger partial charge in [0.1, 0.15) is 0 Å². The molecule has 1 saturated carbocycles.